The minimum Gasteiger partial charge on any atom is -0.486 e. The smallest absolute Gasteiger partial charge is 0.313 e. The van der Waals surface area contributed by atoms with Crippen LogP contribution in [0.4, 0.5) is 0 Å². The van der Waals surface area contributed by atoms with Crippen LogP contribution >= 0.6 is 0 Å². The van der Waals surface area contributed by atoms with Gasteiger partial charge < -0.3 is 24.4 Å². The Morgan fingerprint density at radius 2 is 1.96 bits per heavy atom. The first-order valence-corrected chi connectivity index (χ1v) is 8.60. The van der Waals surface area contributed by atoms with Crippen LogP contribution in [0.15, 0.2) is 18.2 Å². The van der Waals surface area contributed by atoms with Crippen molar-refractivity contribution in [3.63, 3.8) is 0 Å². The highest BCUT2D eigenvalue weighted by atomic mass is 16.6. The van der Waals surface area contributed by atoms with Gasteiger partial charge in [-0.1, -0.05) is 0 Å². The van der Waals surface area contributed by atoms with Gasteiger partial charge in [0, 0.05) is 25.2 Å². The second kappa shape index (κ2) is 5.91. The summed E-state index contributed by atoms with van der Waals surface area (Å²) in [4.78, 5) is 28.7. The monoisotopic (exact) mass is 346 g/mol. The number of carbonyl (C=O) groups excluding carboxylic acids is 1. The molecule has 1 N–H and O–H groups in total. The number of nitrogens with zero attached hydrogens (tertiary/aromatic N) is 2. The summed E-state index contributed by atoms with van der Waals surface area (Å²) in [5.74, 6) is 0.265. The van der Waals surface area contributed by atoms with E-state index in [9.17, 15) is 14.7 Å². The number of carboxylic acids is 1. The number of amides is 1. The topological polar surface area (TPSA) is 79.3 Å². The molecule has 1 amide bonds. The van der Waals surface area contributed by atoms with E-state index in [-0.39, 0.29) is 18.4 Å². The summed E-state index contributed by atoms with van der Waals surface area (Å²) in [5, 5.41) is 9.84. The Morgan fingerprint density at radius 3 is 2.72 bits per heavy atom. The maximum Gasteiger partial charge on any atom is 0.313 e. The maximum absolute atomic E-state index is 12.9. The Bertz CT molecular complexity index is 721. The van der Waals surface area contributed by atoms with Gasteiger partial charge in [0.15, 0.2) is 11.5 Å². The summed E-state index contributed by atoms with van der Waals surface area (Å²) in [5.41, 5.74) is -0.354. The number of fused-ring (bicyclic) bond motifs is 2. The first-order chi connectivity index (χ1) is 12.0. The summed E-state index contributed by atoms with van der Waals surface area (Å²) in [7, 11) is 1.94. The van der Waals surface area contributed by atoms with Gasteiger partial charge in [0.1, 0.15) is 18.6 Å². The minimum atomic E-state index is -0.865. The van der Waals surface area contributed by atoms with Crippen LogP contribution in [-0.4, -0.2) is 73.2 Å². The van der Waals surface area contributed by atoms with Crippen LogP contribution in [0.5, 0.6) is 11.5 Å². The molecule has 3 aliphatic rings. The van der Waals surface area contributed by atoms with Crippen LogP contribution in [0.1, 0.15) is 16.8 Å². The molecule has 2 saturated heterocycles. The molecule has 1 aromatic rings. The molecular formula is C18H22N2O5. The highest BCUT2D eigenvalue weighted by Gasteiger charge is 2.55. The molecule has 3 aliphatic heterocycles. The van der Waals surface area contributed by atoms with Crippen molar-refractivity contribution >= 4 is 11.9 Å². The molecule has 0 spiro atoms. The Labute approximate surface area is 146 Å². The van der Waals surface area contributed by atoms with Crippen LogP contribution in [0, 0.1) is 11.3 Å². The van der Waals surface area contributed by atoms with Crippen molar-refractivity contribution in [2.45, 2.75) is 6.42 Å². The third kappa shape index (κ3) is 2.63. The highest BCUT2D eigenvalue weighted by molar-refractivity contribution is 5.96. The van der Waals surface area contributed by atoms with Crippen molar-refractivity contribution in [2.24, 2.45) is 11.3 Å². The Kier molecular flexibility index (Phi) is 3.83. The number of likely N-dealkylation sites (tertiary alicyclic amines) is 2. The van der Waals surface area contributed by atoms with Gasteiger partial charge in [0.05, 0.1) is 0 Å². The molecule has 0 bridgehead atoms. The van der Waals surface area contributed by atoms with Crippen molar-refractivity contribution in [1.82, 2.24) is 9.80 Å². The number of benzene rings is 1. The molecule has 7 nitrogen and oxygen atoms in total. The summed E-state index contributed by atoms with van der Waals surface area (Å²) >= 11 is 0. The summed E-state index contributed by atoms with van der Waals surface area (Å²) in [6.07, 6.45) is 0.799. The average Bonchev–Trinajstić information content (AvgIpc) is 3.01. The Hall–Kier alpha value is -2.28. The summed E-state index contributed by atoms with van der Waals surface area (Å²) in [6.45, 7) is 3.06. The van der Waals surface area contributed by atoms with Crippen LogP contribution < -0.4 is 9.47 Å². The molecule has 0 radical (unpaired) electrons. The quantitative estimate of drug-likeness (QED) is 0.858. The summed E-state index contributed by atoms with van der Waals surface area (Å²) in [6, 6.07) is 5.15. The fourth-order valence-corrected chi connectivity index (χ4v) is 4.28. The van der Waals surface area contributed by atoms with Gasteiger partial charge in [0.25, 0.3) is 5.91 Å². The van der Waals surface area contributed by atoms with E-state index in [0.29, 0.717) is 43.4 Å². The molecule has 7 heteroatoms. The van der Waals surface area contributed by atoms with E-state index >= 15 is 0 Å². The van der Waals surface area contributed by atoms with Crippen molar-refractivity contribution in [3.8, 4) is 11.5 Å². The van der Waals surface area contributed by atoms with E-state index in [4.69, 9.17) is 9.47 Å². The van der Waals surface area contributed by atoms with Gasteiger partial charge in [-0.25, -0.2) is 0 Å². The molecule has 2 unspecified atom stereocenters. The summed E-state index contributed by atoms with van der Waals surface area (Å²) < 4.78 is 11.0. The lowest BCUT2D eigenvalue weighted by Gasteiger charge is -2.39. The molecule has 2 fully saturated rings. The lowest BCUT2D eigenvalue weighted by atomic mass is 9.73. The molecule has 0 saturated carbocycles. The Balaban J connectivity index is 1.58. The van der Waals surface area contributed by atoms with Gasteiger partial charge >= 0.3 is 5.97 Å². The van der Waals surface area contributed by atoms with Crippen LogP contribution in [-0.2, 0) is 4.79 Å². The zero-order valence-electron chi connectivity index (χ0n) is 14.2. The second-order valence-corrected chi connectivity index (χ2v) is 7.23. The lowest BCUT2D eigenvalue weighted by Crippen LogP contribution is -2.52. The van der Waals surface area contributed by atoms with Gasteiger partial charge in [-0.2, -0.15) is 0 Å². The highest BCUT2D eigenvalue weighted by Crippen LogP contribution is 2.43. The maximum atomic E-state index is 12.9. The first-order valence-electron chi connectivity index (χ1n) is 8.60. The van der Waals surface area contributed by atoms with Gasteiger partial charge in [-0.05, 0) is 44.1 Å². The largest absolute Gasteiger partial charge is 0.486 e. The zero-order valence-corrected chi connectivity index (χ0v) is 14.2. The third-order valence-corrected chi connectivity index (χ3v) is 5.61. The standard InChI is InChI=1S/C18H22N2O5/c1-19-5-4-13-9-20(11-18(13,10-19)17(22)23)16(21)12-2-3-14-15(8-12)25-7-6-24-14/h2-3,8,13H,4-7,9-11H2,1H3,(H,22,23). The van der Waals surface area contributed by atoms with E-state index < -0.39 is 11.4 Å². The number of rotatable bonds is 2. The number of piperidine rings is 1. The van der Waals surface area contributed by atoms with Crippen molar-refractivity contribution < 1.29 is 24.2 Å². The van der Waals surface area contributed by atoms with E-state index in [1.165, 1.54) is 0 Å². The number of hydrogen-bond acceptors (Lipinski definition) is 5. The van der Waals surface area contributed by atoms with Gasteiger partial charge in [-0.3, -0.25) is 9.59 Å². The van der Waals surface area contributed by atoms with Gasteiger partial charge in [0.2, 0.25) is 0 Å². The number of aliphatic carboxylic acids is 1. The minimum absolute atomic E-state index is 0.00219. The molecule has 0 aromatic heterocycles. The number of carbonyl (C=O) groups is 2. The average molecular weight is 346 g/mol. The lowest BCUT2D eigenvalue weighted by molar-refractivity contribution is -0.153. The van der Waals surface area contributed by atoms with Crippen LogP contribution in [0.25, 0.3) is 0 Å². The van der Waals surface area contributed by atoms with Crippen LogP contribution in [0.3, 0.4) is 0 Å². The molecule has 2 atom stereocenters. The van der Waals surface area contributed by atoms with Crippen molar-refractivity contribution in [3.05, 3.63) is 23.8 Å². The molecule has 4 rings (SSSR count). The number of carboxylic acid groups (broad SMARTS) is 1. The number of ether oxygens (including phenoxy) is 2. The zero-order chi connectivity index (χ0) is 17.6. The third-order valence-electron chi connectivity index (χ3n) is 5.61. The van der Waals surface area contributed by atoms with E-state index in [1.807, 2.05) is 11.9 Å². The van der Waals surface area contributed by atoms with Crippen molar-refractivity contribution in [1.29, 1.82) is 0 Å². The molecular weight excluding hydrogens is 324 g/mol. The molecule has 134 valence electrons. The van der Waals surface area contributed by atoms with Crippen LogP contribution in [0.2, 0.25) is 0 Å². The molecule has 1 aromatic carbocycles. The molecule has 3 heterocycles. The fourth-order valence-electron chi connectivity index (χ4n) is 4.28. The first kappa shape index (κ1) is 16.2. The fraction of sp³-hybridized carbons (Fsp3) is 0.556. The normalized spacial score (nSPS) is 28.5. The molecule has 25 heavy (non-hydrogen) atoms. The van der Waals surface area contributed by atoms with E-state index in [0.717, 1.165) is 13.0 Å². The second-order valence-electron chi connectivity index (χ2n) is 7.23. The van der Waals surface area contributed by atoms with E-state index in [1.54, 1.807) is 23.1 Å². The SMILES string of the molecule is CN1CCC2CN(C(=O)c3ccc4c(c3)OCCO4)CC2(C(=O)O)C1. The predicted octanol–water partition coefficient (Wildman–Crippen LogP) is 0.936. The predicted molar refractivity (Wildman–Crippen MR) is 89.0 cm³/mol. The molecule has 0 aliphatic carbocycles. The van der Waals surface area contributed by atoms with Crippen molar-refractivity contribution in [2.75, 3.05) is 46.4 Å². The van der Waals surface area contributed by atoms with E-state index in [2.05, 4.69) is 0 Å². The Morgan fingerprint density at radius 1 is 1.20 bits per heavy atom. The van der Waals surface area contributed by atoms with Gasteiger partial charge in [-0.15, -0.1) is 0 Å². The number of hydrogen-bond donors (Lipinski definition) is 1.